The second-order valence-electron chi connectivity index (χ2n) is 6.75. The Morgan fingerprint density at radius 2 is 2.04 bits per heavy atom. The van der Waals surface area contributed by atoms with Crippen molar-refractivity contribution >= 4 is 11.8 Å². The Labute approximate surface area is 158 Å². The van der Waals surface area contributed by atoms with Crippen molar-refractivity contribution in [3.63, 3.8) is 0 Å². The zero-order chi connectivity index (χ0) is 19.2. The number of aryl methyl sites for hydroxylation is 1. The van der Waals surface area contributed by atoms with E-state index < -0.39 is 0 Å². The zero-order valence-corrected chi connectivity index (χ0v) is 15.7. The van der Waals surface area contributed by atoms with Crippen molar-refractivity contribution in [1.82, 2.24) is 25.0 Å². The molecule has 0 unspecified atom stereocenters. The maximum atomic E-state index is 12.6. The fourth-order valence-electron chi connectivity index (χ4n) is 3.50. The fraction of sp³-hybridized carbons (Fsp3) is 0.474. The largest absolute Gasteiger partial charge is 0.497 e. The first-order valence-corrected chi connectivity index (χ1v) is 9.08. The number of aromatic nitrogens is 3. The SMILES string of the molecule is COc1ccc([C@@H]2CN(C(=O)CCCn3cncn3)C[C@H]2NC(C)=O)cc1. The summed E-state index contributed by atoms with van der Waals surface area (Å²) in [5, 5.41) is 7.04. The van der Waals surface area contributed by atoms with Gasteiger partial charge in [0.1, 0.15) is 18.4 Å². The fourth-order valence-corrected chi connectivity index (χ4v) is 3.50. The van der Waals surface area contributed by atoms with E-state index in [4.69, 9.17) is 4.74 Å². The van der Waals surface area contributed by atoms with Gasteiger partial charge < -0.3 is 15.0 Å². The smallest absolute Gasteiger partial charge is 0.222 e. The van der Waals surface area contributed by atoms with Crippen LogP contribution in [0.1, 0.15) is 31.2 Å². The van der Waals surface area contributed by atoms with E-state index in [-0.39, 0.29) is 23.8 Å². The van der Waals surface area contributed by atoms with E-state index in [1.165, 1.54) is 13.3 Å². The molecule has 0 radical (unpaired) electrons. The van der Waals surface area contributed by atoms with Gasteiger partial charge in [-0.1, -0.05) is 12.1 Å². The van der Waals surface area contributed by atoms with Crippen molar-refractivity contribution in [2.45, 2.75) is 38.3 Å². The quantitative estimate of drug-likeness (QED) is 0.790. The number of nitrogens with one attached hydrogen (secondary N) is 1. The van der Waals surface area contributed by atoms with Gasteiger partial charge in [0.2, 0.25) is 11.8 Å². The molecule has 1 aliphatic heterocycles. The third-order valence-corrected chi connectivity index (χ3v) is 4.85. The first-order chi connectivity index (χ1) is 13.1. The molecule has 2 amide bonds. The number of rotatable bonds is 7. The molecule has 1 aromatic carbocycles. The standard InChI is InChI=1S/C19H25N5O3/c1-14(25)22-18-11-23(19(26)4-3-9-24-13-20-12-21-24)10-17(18)15-5-7-16(27-2)8-6-15/h5-8,12-13,17-18H,3-4,9-11H2,1-2H3,(H,22,25)/t17-,18+/m0/s1. The van der Waals surface area contributed by atoms with Gasteiger partial charge in [0.05, 0.1) is 13.2 Å². The minimum atomic E-state index is -0.0878. The molecule has 2 heterocycles. The summed E-state index contributed by atoms with van der Waals surface area (Å²) in [5.41, 5.74) is 1.09. The number of likely N-dealkylation sites (tertiary alicyclic amines) is 1. The normalized spacial score (nSPS) is 19.1. The molecule has 1 aliphatic rings. The summed E-state index contributed by atoms with van der Waals surface area (Å²) in [6, 6.07) is 7.72. The van der Waals surface area contributed by atoms with Gasteiger partial charge in [0, 0.05) is 38.9 Å². The minimum Gasteiger partial charge on any atom is -0.497 e. The van der Waals surface area contributed by atoms with Crippen LogP contribution in [0.25, 0.3) is 0 Å². The maximum Gasteiger partial charge on any atom is 0.222 e. The van der Waals surface area contributed by atoms with Crippen LogP contribution in [0.4, 0.5) is 0 Å². The molecule has 1 N–H and O–H groups in total. The van der Waals surface area contributed by atoms with Crippen molar-refractivity contribution in [3.05, 3.63) is 42.5 Å². The summed E-state index contributed by atoms with van der Waals surface area (Å²) in [4.78, 5) is 30.0. The Hall–Kier alpha value is -2.90. The van der Waals surface area contributed by atoms with Crippen molar-refractivity contribution in [2.75, 3.05) is 20.2 Å². The molecule has 0 aliphatic carbocycles. The van der Waals surface area contributed by atoms with Crippen molar-refractivity contribution in [2.24, 2.45) is 0 Å². The van der Waals surface area contributed by atoms with Gasteiger partial charge in [0.25, 0.3) is 0 Å². The Morgan fingerprint density at radius 3 is 2.67 bits per heavy atom. The first-order valence-electron chi connectivity index (χ1n) is 9.08. The lowest BCUT2D eigenvalue weighted by molar-refractivity contribution is -0.130. The highest BCUT2D eigenvalue weighted by molar-refractivity contribution is 5.77. The molecule has 1 aromatic heterocycles. The number of hydrogen-bond donors (Lipinski definition) is 1. The molecular weight excluding hydrogens is 346 g/mol. The van der Waals surface area contributed by atoms with Gasteiger partial charge in [-0.3, -0.25) is 14.3 Å². The van der Waals surface area contributed by atoms with E-state index in [1.54, 1.807) is 18.1 Å². The molecule has 1 saturated heterocycles. The number of methoxy groups -OCH3 is 1. The molecular formula is C19H25N5O3. The summed E-state index contributed by atoms with van der Waals surface area (Å²) in [6.07, 6.45) is 4.28. The minimum absolute atomic E-state index is 0.0686. The van der Waals surface area contributed by atoms with Crippen LogP contribution in [0, 0.1) is 0 Å². The Bertz CT molecular complexity index is 760. The number of amides is 2. The number of carbonyl (C=O) groups excluding carboxylic acids is 2. The Morgan fingerprint density at radius 1 is 1.26 bits per heavy atom. The Balaban J connectivity index is 1.62. The predicted molar refractivity (Wildman–Crippen MR) is 99.2 cm³/mol. The summed E-state index contributed by atoms with van der Waals surface area (Å²) < 4.78 is 6.93. The van der Waals surface area contributed by atoms with Crippen molar-refractivity contribution in [3.8, 4) is 5.75 Å². The molecule has 27 heavy (non-hydrogen) atoms. The lowest BCUT2D eigenvalue weighted by Crippen LogP contribution is -2.39. The molecule has 0 spiro atoms. The van der Waals surface area contributed by atoms with Crippen LogP contribution in [0.3, 0.4) is 0 Å². The van der Waals surface area contributed by atoms with Crippen LogP contribution in [0.5, 0.6) is 5.75 Å². The van der Waals surface area contributed by atoms with Crippen LogP contribution >= 0.6 is 0 Å². The molecule has 2 atom stereocenters. The van der Waals surface area contributed by atoms with Crippen LogP contribution in [0.2, 0.25) is 0 Å². The van der Waals surface area contributed by atoms with Crippen LogP contribution in [-0.4, -0.2) is 57.7 Å². The highest BCUT2D eigenvalue weighted by Gasteiger charge is 2.36. The molecule has 0 saturated carbocycles. The first kappa shape index (κ1) is 18.9. The van der Waals surface area contributed by atoms with E-state index >= 15 is 0 Å². The molecule has 0 bridgehead atoms. The average molecular weight is 371 g/mol. The van der Waals surface area contributed by atoms with E-state index in [2.05, 4.69) is 15.4 Å². The highest BCUT2D eigenvalue weighted by Crippen LogP contribution is 2.29. The topological polar surface area (TPSA) is 89.3 Å². The third-order valence-electron chi connectivity index (χ3n) is 4.85. The average Bonchev–Trinajstić information content (AvgIpc) is 3.31. The third kappa shape index (κ3) is 4.84. The second kappa shape index (κ2) is 8.66. The molecule has 144 valence electrons. The van der Waals surface area contributed by atoms with Gasteiger partial charge in [-0.2, -0.15) is 5.10 Å². The second-order valence-corrected chi connectivity index (χ2v) is 6.75. The number of benzene rings is 1. The number of ether oxygens (including phenoxy) is 1. The summed E-state index contributed by atoms with van der Waals surface area (Å²) in [5.74, 6) is 0.869. The predicted octanol–water partition coefficient (Wildman–Crippen LogP) is 1.20. The van der Waals surface area contributed by atoms with Crippen LogP contribution in [-0.2, 0) is 16.1 Å². The van der Waals surface area contributed by atoms with Gasteiger partial charge in [-0.05, 0) is 24.1 Å². The molecule has 2 aromatic rings. The lowest BCUT2D eigenvalue weighted by atomic mass is 9.94. The molecule has 3 rings (SSSR count). The van der Waals surface area contributed by atoms with E-state index in [9.17, 15) is 9.59 Å². The van der Waals surface area contributed by atoms with E-state index in [0.717, 1.165) is 11.3 Å². The Kier molecular flexibility index (Phi) is 6.05. The van der Waals surface area contributed by atoms with E-state index in [0.29, 0.717) is 32.5 Å². The highest BCUT2D eigenvalue weighted by atomic mass is 16.5. The number of carbonyl (C=O) groups is 2. The molecule has 8 nitrogen and oxygen atoms in total. The van der Waals surface area contributed by atoms with Crippen LogP contribution in [0.15, 0.2) is 36.9 Å². The van der Waals surface area contributed by atoms with Crippen molar-refractivity contribution < 1.29 is 14.3 Å². The van der Waals surface area contributed by atoms with Crippen molar-refractivity contribution in [1.29, 1.82) is 0 Å². The van der Waals surface area contributed by atoms with Crippen LogP contribution < -0.4 is 10.1 Å². The molecule has 1 fully saturated rings. The van der Waals surface area contributed by atoms with Gasteiger partial charge in [0.15, 0.2) is 0 Å². The van der Waals surface area contributed by atoms with E-state index in [1.807, 2.05) is 29.2 Å². The number of hydrogen-bond acceptors (Lipinski definition) is 5. The summed E-state index contributed by atoms with van der Waals surface area (Å²) >= 11 is 0. The zero-order valence-electron chi connectivity index (χ0n) is 15.7. The maximum absolute atomic E-state index is 12.6. The molecule has 8 heteroatoms. The summed E-state index contributed by atoms with van der Waals surface area (Å²) in [7, 11) is 1.63. The monoisotopic (exact) mass is 371 g/mol. The van der Waals surface area contributed by atoms with Gasteiger partial charge in [-0.15, -0.1) is 0 Å². The van der Waals surface area contributed by atoms with Gasteiger partial charge in [-0.25, -0.2) is 4.98 Å². The van der Waals surface area contributed by atoms with Gasteiger partial charge >= 0.3 is 0 Å². The number of nitrogens with zero attached hydrogens (tertiary/aromatic N) is 4. The lowest BCUT2D eigenvalue weighted by Gasteiger charge is -2.19. The summed E-state index contributed by atoms with van der Waals surface area (Å²) in [6.45, 7) is 3.29.